The third-order valence-electron chi connectivity index (χ3n) is 3.88. The number of aromatic hydroxyl groups is 1. The molecule has 1 aliphatic carbocycles. The summed E-state index contributed by atoms with van der Waals surface area (Å²) < 4.78 is 5.66. The molecule has 1 unspecified atom stereocenters. The molecule has 1 amide bonds. The Bertz CT molecular complexity index is 467. The number of nitrogens with one attached hydrogen (secondary N) is 1. The lowest BCUT2D eigenvalue weighted by atomic mass is 9.95. The fourth-order valence-electron chi connectivity index (χ4n) is 2.54. The molecule has 1 atom stereocenters. The minimum absolute atomic E-state index is 0.0837. The van der Waals surface area contributed by atoms with Gasteiger partial charge in [0.05, 0.1) is 0 Å². The highest BCUT2D eigenvalue weighted by molar-refractivity contribution is 5.81. The maximum absolute atomic E-state index is 12.1. The molecular weight excluding hydrogens is 254 g/mol. The Morgan fingerprint density at radius 2 is 2.05 bits per heavy atom. The SMILES string of the molecule is Cc1c(O)cccc1OC(C)C(=O)NC1CCCCC1. The first kappa shape index (κ1) is 14.7. The molecular formula is C16H23NO3. The number of phenolic OH excluding ortho intramolecular Hbond substituents is 1. The zero-order chi connectivity index (χ0) is 14.5. The zero-order valence-electron chi connectivity index (χ0n) is 12.2. The van der Waals surface area contributed by atoms with Crippen molar-refractivity contribution in [1.29, 1.82) is 0 Å². The van der Waals surface area contributed by atoms with Gasteiger partial charge in [-0.2, -0.15) is 0 Å². The average molecular weight is 277 g/mol. The van der Waals surface area contributed by atoms with Crippen molar-refractivity contribution < 1.29 is 14.6 Å². The molecule has 0 aliphatic heterocycles. The number of rotatable bonds is 4. The Balaban J connectivity index is 1.91. The summed E-state index contributed by atoms with van der Waals surface area (Å²) in [7, 11) is 0. The quantitative estimate of drug-likeness (QED) is 0.889. The number of amides is 1. The van der Waals surface area contributed by atoms with Gasteiger partial charge in [-0.15, -0.1) is 0 Å². The fourth-order valence-corrected chi connectivity index (χ4v) is 2.54. The Kier molecular flexibility index (Phi) is 4.88. The van der Waals surface area contributed by atoms with Crippen molar-refractivity contribution in [2.24, 2.45) is 0 Å². The van der Waals surface area contributed by atoms with Crippen LogP contribution in [0.2, 0.25) is 0 Å². The Labute approximate surface area is 120 Å². The summed E-state index contributed by atoms with van der Waals surface area (Å²) in [6.07, 6.45) is 5.20. The largest absolute Gasteiger partial charge is 0.508 e. The van der Waals surface area contributed by atoms with Crippen LogP contribution in [0.5, 0.6) is 11.5 Å². The molecule has 0 bridgehead atoms. The van der Waals surface area contributed by atoms with Crippen LogP contribution in [0.15, 0.2) is 18.2 Å². The van der Waals surface area contributed by atoms with E-state index in [1.54, 1.807) is 32.0 Å². The number of phenols is 1. The lowest BCUT2D eigenvalue weighted by molar-refractivity contribution is -0.128. The van der Waals surface area contributed by atoms with Crippen LogP contribution < -0.4 is 10.1 Å². The van der Waals surface area contributed by atoms with Gasteiger partial charge in [0.1, 0.15) is 11.5 Å². The van der Waals surface area contributed by atoms with Gasteiger partial charge in [0.25, 0.3) is 5.91 Å². The highest BCUT2D eigenvalue weighted by Gasteiger charge is 2.21. The van der Waals surface area contributed by atoms with Crippen LogP contribution in [0.25, 0.3) is 0 Å². The van der Waals surface area contributed by atoms with Crippen LogP contribution in [0.1, 0.15) is 44.6 Å². The second-order valence-electron chi connectivity index (χ2n) is 5.50. The first-order chi connectivity index (χ1) is 9.58. The molecule has 110 valence electrons. The third kappa shape index (κ3) is 3.65. The van der Waals surface area contributed by atoms with E-state index in [0.717, 1.165) is 12.8 Å². The molecule has 0 radical (unpaired) electrons. The minimum Gasteiger partial charge on any atom is -0.508 e. The summed E-state index contributed by atoms with van der Waals surface area (Å²) >= 11 is 0. The van der Waals surface area contributed by atoms with Crippen LogP contribution in [0, 0.1) is 6.92 Å². The summed E-state index contributed by atoms with van der Waals surface area (Å²) in [5.74, 6) is 0.651. The van der Waals surface area contributed by atoms with Gasteiger partial charge in [0.15, 0.2) is 6.10 Å². The van der Waals surface area contributed by atoms with Crippen molar-refractivity contribution in [3.63, 3.8) is 0 Å². The van der Waals surface area contributed by atoms with Gasteiger partial charge in [-0.25, -0.2) is 0 Å². The molecule has 20 heavy (non-hydrogen) atoms. The lowest BCUT2D eigenvalue weighted by Crippen LogP contribution is -2.43. The number of ether oxygens (including phenoxy) is 1. The normalized spacial score (nSPS) is 17.5. The zero-order valence-corrected chi connectivity index (χ0v) is 12.2. The molecule has 0 saturated heterocycles. The molecule has 1 aromatic rings. The van der Waals surface area contributed by atoms with Crippen LogP contribution in [-0.4, -0.2) is 23.2 Å². The van der Waals surface area contributed by atoms with Crippen LogP contribution in [0.4, 0.5) is 0 Å². The number of hydrogen-bond acceptors (Lipinski definition) is 3. The van der Waals surface area contributed by atoms with Gasteiger partial charge < -0.3 is 15.2 Å². The molecule has 1 aromatic carbocycles. The van der Waals surface area contributed by atoms with E-state index >= 15 is 0 Å². The van der Waals surface area contributed by atoms with E-state index in [9.17, 15) is 9.90 Å². The number of carbonyl (C=O) groups excluding carboxylic acids is 1. The average Bonchev–Trinajstić information content (AvgIpc) is 2.45. The third-order valence-corrected chi connectivity index (χ3v) is 3.88. The lowest BCUT2D eigenvalue weighted by Gasteiger charge is -2.25. The van der Waals surface area contributed by atoms with Crippen LogP contribution in [-0.2, 0) is 4.79 Å². The first-order valence-electron chi connectivity index (χ1n) is 7.33. The monoisotopic (exact) mass is 277 g/mol. The summed E-state index contributed by atoms with van der Waals surface area (Å²) in [5, 5.41) is 12.7. The molecule has 0 aromatic heterocycles. The van der Waals surface area contributed by atoms with E-state index in [2.05, 4.69) is 5.32 Å². The van der Waals surface area contributed by atoms with E-state index in [0.29, 0.717) is 11.3 Å². The highest BCUT2D eigenvalue weighted by Crippen LogP contribution is 2.27. The van der Waals surface area contributed by atoms with Crippen molar-refractivity contribution in [1.82, 2.24) is 5.32 Å². The summed E-state index contributed by atoms with van der Waals surface area (Å²) in [5.41, 5.74) is 0.657. The van der Waals surface area contributed by atoms with Gasteiger partial charge in [-0.3, -0.25) is 4.79 Å². The van der Waals surface area contributed by atoms with E-state index < -0.39 is 6.10 Å². The van der Waals surface area contributed by atoms with Gasteiger partial charge >= 0.3 is 0 Å². The Hall–Kier alpha value is -1.71. The van der Waals surface area contributed by atoms with Crippen molar-refractivity contribution in [3.05, 3.63) is 23.8 Å². The van der Waals surface area contributed by atoms with E-state index in [-0.39, 0.29) is 17.7 Å². The molecule has 0 heterocycles. The Morgan fingerprint density at radius 1 is 1.35 bits per heavy atom. The first-order valence-corrected chi connectivity index (χ1v) is 7.33. The molecule has 4 heteroatoms. The molecule has 1 saturated carbocycles. The maximum Gasteiger partial charge on any atom is 0.260 e. The predicted octanol–water partition coefficient (Wildman–Crippen LogP) is 2.92. The number of carbonyl (C=O) groups is 1. The fraction of sp³-hybridized carbons (Fsp3) is 0.562. The van der Waals surface area contributed by atoms with Crippen molar-refractivity contribution in [3.8, 4) is 11.5 Å². The summed E-state index contributed by atoms with van der Waals surface area (Å²) in [6, 6.07) is 5.37. The molecule has 2 N–H and O–H groups in total. The van der Waals surface area contributed by atoms with Crippen LogP contribution >= 0.6 is 0 Å². The second kappa shape index (κ2) is 6.64. The second-order valence-corrected chi connectivity index (χ2v) is 5.50. The smallest absolute Gasteiger partial charge is 0.260 e. The maximum atomic E-state index is 12.1. The van der Waals surface area contributed by atoms with Gasteiger partial charge in [-0.05, 0) is 38.8 Å². The number of hydrogen-bond donors (Lipinski definition) is 2. The molecule has 1 aliphatic rings. The van der Waals surface area contributed by atoms with E-state index in [1.807, 2.05) is 0 Å². The number of benzene rings is 1. The molecule has 0 spiro atoms. The molecule has 2 rings (SSSR count). The van der Waals surface area contributed by atoms with Crippen molar-refractivity contribution in [2.45, 2.75) is 58.1 Å². The van der Waals surface area contributed by atoms with Gasteiger partial charge in [0.2, 0.25) is 0 Å². The van der Waals surface area contributed by atoms with E-state index in [1.165, 1.54) is 19.3 Å². The van der Waals surface area contributed by atoms with Crippen LogP contribution in [0.3, 0.4) is 0 Å². The molecule has 1 fully saturated rings. The molecule has 4 nitrogen and oxygen atoms in total. The standard InChI is InChI=1S/C16H23NO3/c1-11-14(18)9-6-10-15(11)20-12(2)16(19)17-13-7-4-3-5-8-13/h6,9-10,12-13,18H,3-5,7-8H2,1-2H3,(H,17,19). The summed E-state index contributed by atoms with van der Waals surface area (Å²) in [6.45, 7) is 3.51. The van der Waals surface area contributed by atoms with Gasteiger partial charge in [0, 0.05) is 11.6 Å². The predicted molar refractivity (Wildman–Crippen MR) is 77.9 cm³/mol. The van der Waals surface area contributed by atoms with Gasteiger partial charge in [-0.1, -0.05) is 25.3 Å². The van der Waals surface area contributed by atoms with Crippen molar-refractivity contribution >= 4 is 5.91 Å². The summed E-state index contributed by atoms with van der Waals surface area (Å²) in [4.78, 5) is 12.1. The van der Waals surface area contributed by atoms with E-state index in [4.69, 9.17) is 4.74 Å². The minimum atomic E-state index is -0.558. The topological polar surface area (TPSA) is 58.6 Å². The highest BCUT2D eigenvalue weighted by atomic mass is 16.5. The van der Waals surface area contributed by atoms with Crippen molar-refractivity contribution in [2.75, 3.05) is 0 Å². The Morgan fingerprint density at radius 3 is 2.75 bits per heavy atom.